The van der Waals surface area contributed by atoms with Crippen LogP contribution in [0.25, 0.3) is 0 Å². The minimum Gasteiger partial charge on any atom is -0.367 e. The van der Waals surface area contributed by atoms with E-state index in [1.54, 1.807) is 21.7 Å². The first-order valence-corrected chi connectivity index (χ1v) is 11.2. The highest BCUT2D eigenvalue weighted by Crippen LogP contribution is 2.50. The molecule has 1 aromatic carbocycles. The van der Waals surface area contributed by atoms with E-state index in [1.807, 2.05) is 0 Å². The second-order valence-corrected chi connectivity index (χ2v) is 9.44. The second-order valence-electron chi connectivity index (χ2n) is 8.30. The van der Waals surface area contributed by atoms with Crippen LogP contribution in [-0.4, -0.2) is 31.4 Å². The number of anilines is 1. The molecule has 130 valence electrons. The van der Waals surface area contributed by atoms with Gasteiger partial charge in [-0.15, -0.1) is 11.8 Å². The lowest BCUT2D eigenvalue weighted by Gasteiger charge is -2.33. The molecule has 4 aliphatic rings. The SMILES string of the molecule is c1c(CC2CCCCC2)cc2c3c1SCCCN3[C@H]1CCNC[C@@H]21. The fourth-order valence-electron chi connectivity index (χ4n) is 5.63. The lowest BCUT2D eigenvalue weighted by molar-refractivity contribution is 0.356. The van der Waals surface area contributed by atoms with Crippen molar-refractivity contribution in [3.63, 3.8) is 0 Å². The van der Waals surface area contributed by atoms with Gasteiger partial charge < -0.3 is 10.2 Å². The average Bonchev–Trinajstić information content (AvgIpc) is 2.78. The Labute approximate surface area is 150 Å². The molecule has 2 fully saturated rings. The Balaban J connectivity index is 1.51. The minimum absolute atomic E-state index is 0.734. The molecule has 0 unspecified atom stereocenters. The minimum atomic E-state index is 0.734. The van der Waals surface area contributed by atoms with Crippen LogP contribution in [0.1, 0.15) is 62.0 Å². The fourth-order valence-corrected chi connectivity index (χ4v) is 6.73. The van der Waals surface area contributed by atoms with Gasteiger partial charge in [0.2, 0.25) is 0 Å². The van der Waals surface area contributed by atoms with Gasteiger partial charge in [0.25, 0.3) is 0 Å². The summed E-state index contributed by atoms with van der Waals surface area (Å²) in [6.07, 6.45) is 11.3. The third-order valence-corrected chi connectivity index (χ3v) is 7.86. The van der Waals surface area contributed by atoms with Crippen LogP contribution in [0, 0.1) is 5.92 Å². The van der Waals surface area contributed by atoms with Crippen molar-refractivity contribution in [1.29, 1.82) is 0 Å². The topological polar surface area (TPSA) is 15.3 Å². The van der Waals surface area contributed by atoms with E-state index < -0.39 is 0 Å². The molecule has 1 N–H and O–H groups in total. The molecule has 24 heavy (non-hydrogen) atoms. The van der Waals surface area contributed by atoms with Crippen molar-refractivity contribution < 1.29 is 0 Å². The van der Waals surface area contributed by atoms with Crippen molar-refractivity contribution in [2.45, 2.75) is 68.2 Å². The van der Waals surface area contributed by atoms with Crippen LogP contribution in [0.5, 0.6) is 0 Å². The first kappa shape index (κ1) is 15.6. The third-order valence-electron chi connectivity index (χ3n) is 6.75. The lowest BCUT2D eigenvalue weighted by atomic mass is 9.83. The van der Waals surface area contributed by atoms with Crippen molar-refractivity contribution in [3.05, 3.63) is 23.3 Å². The van der Waals surface area contributed by atoms with Gasteiger partial charge in [-0.25, -0.2) is 0 Å². The summed E-state index contributed by atoms with van der Waals surface area (Å²) in [4.78, 5) is 4.39. The highest BCUT2D eigenvalue weighted by Gasteiger charge is 2.41. The van der Waals surface area contributed by atoms with E-state index >= 15 is 0 Å². The molecule has 2 atom stereocenters. The van der Waals surface area contributed by atoms with Gasteiger partial charge in [0, 0.05) is 29.9 Å². The van der Waals surface area contributed by atoms with Crippen molar-refractivity contribution in [1.82, 2.24) is 5.32 Å². The van der Waals surface area contributed by atoms with Gasteiger partial charge in [0.1, 0.15) is 0 Å². The zero-order chi connectivity index (χ0) is 15.9. The van der Waals surface area contributed by atoms with Gasteiger partial charge in [0.05, 0.1) is 5.69 Å². The zero-order valence-electron chi connectivity index (χ0n) is 14.7. The number of nitrogens with zero attached hydrogens (tertiary/aromatic N) is 1. The fraction of sp³-hybridized carbons (Fsp3) is 0.714. The monoisotopic (exact) mass is 342 g/mol. The van der Waals surface area contributed by atoms with Gasteiger partial charge in [-0.05, 0) is 54.7 Å². The standard InChI is InChI=1S/C21H30N2S/c1-2-5-15(6-3-1)11-16-12-17-18-14-22-8-7-19(18)23-9-4-10-24-20(13-16)21(17)23/h12-13,15,18-19,22H,1-11,14H2/t18-,19-/m0/s1. The maximum Gasteiger partial charge on any atom is 0.0543 e. The van der Waals surface area contributed by atoms with Crippen LogP contribution in [0.15, 0.2) is 17.0 Å². The number of hydrogen-bond acceptors (Lipinski definition) is 3. The molecule has 1 saturated carbocycles. The maximum atomic E-state index is 3.66. The molecule has 0 bridgehead atoms. The molecule has 5 rings (SSSR count). The van der Waals surface area contributed by atoms with E-state index in [2.05, 4.69) is 34.1 Å². The largest absolute Gasteiger partial charge is 0.367 e. The van der Waals surface area contributed by atoms with Crippen molar-refractivity contribution >= 4 is 17.4 Å². The average molecular weight is 343 g/mol. The van der Waals surface area contributed by atoms with Crippen LogP contribution < -0.4 is 10.2 Å². The Morgan fingerprint density at radius 2 is 2.00 bits per heavy atom. The molecule has 1 saturated heterocycles. The molecule has 2 nitrogen and oxygen atoms in total. The van der Waals surface area contributed by atoms with Gasteiger partial charge in [-0.3, -0.25) is 0 Å². The van der Waals surface area contributed by atoms with Gasteiger partial charge in [0.15, 0.2) is 0 Å². The van der Waals surface area contributed by atoms with Crippen LogP contribution in [0.4, 0.5) is 5.69 Å². The van der Waals surface area contributed by atoms with E-state index in [9.17, 15) is 0 Å². The van der Waals surface area contributed by atoms with E-state index in [0.717, 1.165) is 17.9 Å². The molecule has 0 radical (unpaired) electrons. The molecule has 1 aromatic rings. The van der Waals surface area contributed by atoms with E-state index in [-0.39, 0.29) is 0 Å². The summed E-state index contributed by atoms with van der Waals surface area (Å²) in [5.41, 5.74) is 4.95. The van der Waals surface area contributed by atoms with Gasteiger partial charge in [-0.2, -0.15) is 0 Å². The van der Waals surface area contributed by atoms with Crippen LogP contribution >= 0.6 is 11.8 Å². The Kier molecular flexibility index (Phi) is 4.26. The highest BCUT2D eigenvalue weighted by molar-refractivity contribution is 7.99. The van der Waals surface area contributed by atoms with Gasteiger partial charge >= 0.3 is 0 Å². The zero-order valence-corrected chi connectivity index (χ0v) is 15.5. The predicted octanol–water partition coefficient (Wildman–Crippen LogP) is 4.57. The Bertz CT molecular complexity index is 608. The number of hydrogen-bond donors (Lipinski definition) is 1. The molecular weight excluding hydrogens is 312 g/mol. The normalized spacial score (nSPS) is 29.9. The van der Waals surface area contributed by atoms with Crippen molar-refractivity contribution in [2.75, 3.05) is 30.3 Å². The van der Waals surface area contributed by atoms with Crippen LogP contribution in [0.2, 0.25) is 0 Å². The molecule has 0 amide bonds. The number of thioether (sulfide) groups is 1. The smallest absolute Gasteiger partial charge is 0.0543 e. The maximum absolute atomic E-state index is 3.66. The lowest BCUT2D eigenvalue weighted by Crippen LogP contribution is -2.44. The van der Waals surface area contributed by atoms with E-state index in [4.69, 9.17) is 0 Å². The quantitative estimate of drug-likeness (QED) is 0.847. The van der Waals surface area contributed by atoms with Crippen LogP contribution in [0.3, 0.4) is 0 Å². The summed E-state index contributed by atoms with van der Waals surface area (Å²) in [5, 5.41) is 3.66. The molecule has 0 spiro atoms. The Morgan fingerprint density at radius 1 is 1.08 bits per heavy atom. The summed E-state index contributed by atoms with van der Waals surface area (Å²) in [6.45, 7) is 3.66. The van der Waals surface area contributed by atoms with Crippen molar-refractivity contribution in [2.24, 2.45) is 5.92 Å². The summed E-state index contributed by atoms with van der Waals surface area (Å²) in [6, 6.07) is 5.95. The number of nitrogens with one attached hydrogen (secondary N) is 1. The first-order valence-electron chi connectivity index (χ1n) is 10.2. The molecule has 3 aliphatic heterocycles. The second kappa shape index (κ2) is 6.57. The molecule has 1 aliphatic carbocycles. The molecular formula is C21H30N2S. The third kappa shape index (κ3) is 2.68. The first-order chi connectivity index (χ1) is 11.9. The highest BCUT2D eigenvalue weighted by atomic mass is 32.2. The van der Waals surface area contributed by atoms with Crippen molar-refractivity contribution in [3.8, 4) is 0 Å². The summed E-state index contributed by atoms with van der Waals surface area (Å²) >= 11 is 2.13. The van der Waals surface area contributed by atoms with Crippen LogP contribution in [-0.2, 0) is 6.42 Å². The summed E-state index contributed by atoms with van der Waals surface area (Å²) in [7, 11) is 0. The molecule has 0 aromatic heterocycles. The summed E-state index contributed by atoms with van der Waals surface area (Å²) in [5.74, 6) is 2.97. The van der Waals surface area contributed by atoms with Gasteiger partial charge in [-0.1, -0.05) is 38.2 Å². The number of rotatable bonds is 2. The Morgan fingerprint density at radius 3 is 2.92 bits per heavy atom. The number of benzene rings is 1. The summed E-state index contributed by atoms with van der Waals surface area (Å²) < 4.78 is 0. The van der Waals surface area contributed by atoms with E-state index in [0.29, 0.717) is 0 Å². The predicted molar refractivity (Wildman–Crippen MR) is 103 cm³/mol. The Hall–Kier alpha value is -0.670. The van der Waals surface area contributed by atoms with E-state index in [1.165, 1.54) is 76.8 Å². The number of fused-ring (bicyclic) bond motifs is 3. The molecule has 3 heterocycles. The molecule has 3 heteroatoms. The number of piperidine rings is 1.